The average Bonchev–Trinajstić information content (AvgIpc) is 2.21. The number of ketones is 2. The number of Topliss-reactive ketones (excluding diaryl/α,β-unsaturated/α-hetero) is 2. The van der Waals surface area contributed by atoms with E-state index in [1.54, 1.807) is 6.92 Å². The Labute approximate surface area is 104 Å². The van der Waals surface area contributed by atoms with Crippen molar-refractivity contribution in [3.8, 4) is 0 Å². The highest BCUT2D eigenvalue weighted by atomic mass is 16.7. The first-order valence-corrected chi connectivity index (χ1v) is 5.31. The lowest BCUT2D eigenvalue weighted by molar-refractivity contribution is -0.147. The van der Waals surface area contributed by atoms with Gasteiger partial charge in [0.15, 0.2) is 0 Å². The van der Waals surface area contributed by atoms with E-state index in [1.165, 1.54) is 13.8 Å². The van der Waals surface area contributed by atoms with Gasteiger partial charge in [0, 0.05) is 6.42 Å². The molecule has 0 aromatic heterocycles. The fourth-order valence-electron chi connectivity index (χ4n) is 0.863. The lowest BCUT2D eigenvalue weighted by atomic mass is 10.3. The zero-order valence-electron chi connectivity index (χ0n) is 10.5. The molecule has 7 nitrogen and oxygen atoms in total. The van der Waals surface area contributed by atoms with Crippen LogP contribution in [0.3, 0.4) is 0 Å². The molecule has 0 fully saturated rings. The average molecular weight is 257 g/mol. The molecule has 0 aromatic carbocycles. The molecule has 0 amide bonds. The van der Waals surface area contributed by atoms with Crippen molar-refractivity contribution >= 4 is 29.4 Å². The van der Waals surface area contributed by atoms with E-state index in [4.69, 9.17) is 4.74 Å². The van der Waals surface area contributed by atoms with Crippen LogP contribution in [0.25, 0.3) is 0 Å². The highest BCUT2D eigenvalue weighted by Gasteiger charge is 2.12. The van der Waals surface area contributed by atoms with E-state index in [9.17, 15) is 19.2 Å². The molecule has 0 unspecified atom stereocenters. The third-order valence-electron chi connectivity index (χ3n) is 1.57. The summed E-state index contributed by atoms with van der Waals surface area (Å²) in [6.07, 6.45) is -0.570. The summed E-state index contributed by atoms with van der Waals surface area (Å²) >= 11 is 0. The maximum Gasteiger partial charge on any atom is 0.342 e. The molecule has 100 valence electrons. The standard InChI is InChI=1S/C11H15NO6/c1-4-9(17-10(15)5-7(2)13)12-18-11(16)6-8(3)14/h4-6H2,1-3H3. The second-order valence-electron chi connectivity index (χ2n) is 3.53. The molecule has 0 aliphatic carbocycles. The molecule has 0 aliphatic rings. The van der Waals surface area contributed by atoms with Gasteiger partial charge in [0.2, 0.25) is 5.90 Å². The maximum absolute atomic E-state index is 11.1. The van der Waals surface area contributed by atoms with Crippen molar-refractivity contribution in [2.24, 2.45) is 5.16 Å². The fraction of sp³-hybridized carbons (Fsp3) is 0.545. The van der Waals surface area contributed by atoms with Gasteiger partial charge in [0.25, 0.3) is 0 Å². The van der Waals surface area contributed by atoms with Gasteiger partial charge < -0.3 is 9.57 Å². The van der Waals surface area contributed by atoms with Crippen molar-refractivity contribution in [3.05, 3.63) is 0 Å². The zero-order valence-corrected chi connectivity index (χ0v) is 10.5. The van der Waals surface area contributed by atoms with E-state index >= 15 is 0 Å². The van der Waals surface area contributed by atoms with E-state index in [2.05, 4.69) is 9.99 Å². The minimum Gasteiger partial charge on any atom is -0.408 e. The number of nitrogens with zero attached hydrogens (tertiary/aromatic N) is 1. The topological polar surface area (TPSA) is 99.1 Å². The number of rotatable bonds is 6. The van der Waals surface area contributed by atoms with Gasteiger partial charge in [0.1, 0.15) is 24.4 Å². The highest BCUT2D eigenvalue weighted by Crippen LogP contribution is 1.97. The molecule has 0 radical (unpaired) electrons. The summed E-state index contributed by atoms with van der Waals surface area (Å²) in [5.74, 6) is -2.44. The highest BCUT2D eigenvalue weighted by molar-refractivity contribution is 5.99. The van der Waals surface area contributed by atoms with Gasteiger partial charge in [-0.2, -0.15) is 0 Å². The summed E-state index contributed by atoms with van der Waals surface area (Å²) in [4.78, 5) is 47.7. The van der Waals surface area contributed by atoms with E-state index in [-0.39, 0.29) is 30.3 Å². The molecule has 0 atom stereocenters. The Morgan fingerprint density at radius 1 is 0.944 bits per heavy atom. The summed E-state index contributed by atoms with van der Waals surface area (Å²) in [6.45, 7) is 4.11. The van der Waals surface area contributed by atoms with Crippen LogP contribution in [-0.4, -0.2) is 29.4 Å². The van der Waals surface area contributed by atoms with Gasteiger partial charge in [-0.3, -0.25) is 14.4 Å². The van der Waals surface area contributed by atoms with Crippen molar-refractivity contribution < 1.29 is 28.8 Å². The number of hydrogen-bond donors (Lipinski definition) is 0. The van der Waals surface area contributed by atoms with E-state index in [0.717, 1.165) is 0 Å². The Morgan fingerprint density at radius 3 is 1.89 bits per heavy atom. The first kappa shape index (κ1) is 16.0. The van der Waals surface area contributed by atoms with Crippen molar-refractivity contribution in [3.63, 3.8) is 0 Å². The predicted molar refractivity (Wildman–Crippen MR) is 60.5 cm³/mol. The van der Waals surface area contributed by atoms with Gasteiger partial charge in [-0.15, -0.1) is 0 Å². The van der Waals surface area contributed by atoms with Crippen LogP contribution in [-0.2, 0) is 28.8 Å². The van der Waals surface area contributed by atoms with Crippen molar-refractivity contribution in [1.29, 1.82) is 0 Å². The van der Waals surface area contributed by atoms with E-state index < -0.39 is 18.4 Å². The first-order chi connectivity index (χ1) is 8.35. The van der Waals surface area contributed by atoms with Crippen LogP contribution in [0.1, 0.15) is 40.0 Å². The minimum absolute atomic E-state index is 0.127. The number of oxime groups is 1. The number of carbonyl (C=O) groups is 4. The van der Waals surface area contributed by atoms with Gasteiger partial charge in [0.05, 0.1) is 0 Å². The van der Waals surface area contributed by atoms with Crippen LogP contribution in [0.15, 0.2) is 5.16 Å². The smallest absolute Gasteiger partial charge is 0.342 e. The Kier molecular flexibility index (Phi) is 7.18. The molecular weight excluding hydrogens is 242 g/mol. The van der Waals surface area contributed by atoms with Gasteiger partial charge in [-0.25, -0.2) is 4.79 Å². The molecule has 0 aromatic rings. The van der Waals surface area contributed by atoms with Crippen LogP contribution in [0, 0.1) is 0 Å². The molecule has 0 aliphatic heterocycles. The van der Waals surface area contributed by atoms with Crippen molar-refractivity contribution in [2.75, 3.05) is 0 Å². The first-order valence-electron chi connectivity index (χ1n) is 5.31. The van der Waals surface area contributed by atoms with Crippen LogP contribution in [0.4, 0.5) is 0 Å². The quantitative estimate of drug-likeness (QED) is 0.174. The Bertz CT molecular complexity index is 385. The Morgan fingerprint density at radius 2 is 1.44 bits per heavy atom. The van der Waals surface area contributed by atoms with Gasteiger partial charge >= 0.3 is 11.9 Å². The number of carbonyl (C=O) groups excluding carboxylic acids is 4. The van der Waals surface area contributed by atoms with Crippen LogP contribution in [0.2, 0.25) is 0 Å². The lowest BCUT2D eigenvalue weighted by Gasteiger charge is -2.03. The molecule has 0 N–H and O–H groups in total. The summed E-state index contributed by atoms with van der Waals surface area (Å²) in [5, 5.41) is 3.30. The molecule has 18 heavy (non-hydrogen) atoms. The molecule has 0 saturated heterocycles. The molecule has 0 rings (SSSR count). The minimum atomic E-state index is -0.837. The maximum atomic E-state index is 11.1. The van der Waals surface area contributed by atoms with E-state index in [1.807, 2.05) is 0 Å². The molecule has 7 heteroatoms. The molecule has 0 bridgehead atoms. The third-order valence-corrected chi connectivity index (χ3v) is 1.57. The van der Waals surface area contributed by atoms with Gasteiger partial charge in [-0.1, -0.05) is 6.92 Å². The normalized spacial score (nSPS) is 10.7. The monoisotopic (exact) mass is 257 g/mol. The summed E-state index contributed by atoms with van der Waals surface area (Å²) in [5.41, 5.74) is 0. The second kappa shape index (κ2) is 8.10. The summed E-state index contributed by atoms with van der Waals surface area (Å²) < 4.78 is 4.69. The molecular formula is C11H15NO6. The number of ether oxygens (including phenoxy) is 1. The van der Waals surface area contributed by atoms with Crippen LogP contribution < -0.4 is 0 Å². The fourth-order valence-corrected chi connectivity index (χ4v) is 0.863. The van der Waals surface area contributed by atoms with Gasteiger partial charge in [-0.05, 0) is 19.0 Å². The van der Waals surface area contributed by atoms with E-state index in [0.29, 0.717) is 0 Å². The molecule has 0 saturated carbocycles. The zero-order chi connectivity index (χ0) is 14.1. The second-order valence-corrected chi connectivity index (χ2v) is 3.53. The van der Waals surface area contributed by atoms with Crippen molar-refractivity contribution in [2.45, 2.75) is 40.0 Å². The Hall–Kier alpha value is -2.05. The number of esters is 1. The lowest BCUT2D eigenvalue weighted by Crippen LogP contribution is -2.15. The van der Waals surface area contributed by atoms with Crippen LogP contribution >= 0.6 is 0 Å². The molecule has 0 spiro atoms. The Balaban J connectivity index is 4.31. The number of hydrogen-bond acceptors (Lipinski definition) is 7. The predicted octanol–water partition coefficient (Wildman–Crippen LogP) is 0.755. The largest absolute Gasteiger partial charge is 0.408 e. The SMILES string of the molecule is CCC(=NOC(=O)CC(C)=O)OC(=O)CC(C)=O. The van der Waals surface area contributed by atoms with Crippen molar-refractivity contribution in [1.82, 2.24) is 0 Å². The summed E-state index contributed by atoms with van der Waals surface area (Å²) in [6, 6.07) is 0. The third kappa shape index (κ3) is 8.14. The molecule has 0 heterocycles. The van der Waals surface area contributed by atoms with Crippen LogP contribution in [0.5, 0.6) is 0 Å². The summed E-state index contributed by atoms with van der Waals surface area (Å²) in [7, 11) is 0.